The summed E-state index contributed by atoms with van der Waals surface area (Å²) >= 11 is 1.37. The van der Waals surface area contributed by atoms with Crippen LogP contribution < -0.4 is 9.64 Å². The Labute approximate surface area is 155 Å². The molecule has 1 amide bonds. The van der Waals surface area contributed by atoms with Crippen LogP contribution in [0.4, 0.5) is 10.1 Å². The van der Waals surface area contributed by atoms with Crippen LogP contribution in [-0.2, 0) is 6.61 Å². The zero-order valence-electron chi connectivity index (χ0n) is 14.6. The van der Waals surface area contributed by atoms with E-state index in [0.717, 1.165) is 11.3 Å². The van der Waals surface area contributed by atoms with Crippen LogP contribution in [0.1, 0.15) is 28.0 Å². The lowest BCUT2D eigenvalue weighted by Gasteiger charge is -2.21. The van der Waals surface area contributed by atoms with Crippen LogP contribution in [0.25, 0.3) is 0 Å². The van der Waals surface area contributed by atoms with Crippen molar-refractivity contribution in [3.8, 4) is 5.75 Å². The Balaban J connectivity index is 1.70. The van der Waals surface area contributed by atoms with Crippen molar-refractivity contribution in [3.63, 3.8) is 0 Å². The topological polar surface area (TPSA) is 42.4 Å². The molecule has 2 aromatic carbocycles. The molecule has 3 rings (SSSR count). The number of thiazole rings is 1. The Bertz CT molecular complexity index is 893. The quantitative estimate of drug-likeness (QED) is 0.624. The van der Waals surface area contributed by atoms with Crippen molar-refractivity contribution in [2.45, 2.75) is 20.5 Å². The van der Waals surface area contributed by atoms with E-state index in [1.54, 1.807) is 22.4 Å². The summed E-state index contributed by atoms with van der Waals surface area (Å²) in [6.45, 7) is 4.71. The van der Waals surface area contributed by atoms with Gasteiger partial charge in [-0.25, -0.2) is 9.37 Å². The molecule has 0 bridgehead atoms. The summed E-state index contributed by atoms with van der Waals surface area (Å²) in [6.07, 6.45) is 0. The van der Waals surface area contributed by atoms with Gasteiger partial charge in [-0.15, -0.1) is 11.3 Å². The van der Waals surface area contributed by atoms with Gasteiger partial charge in [0, 0.05) is 17.6 Å². The highest BCUT2D eigenvalue weighted by Crippen LogP contribution is 2.22. The van der Waals surface area contributed by atoms with E-state index >= 15 is 0 Å². The first-order valence-electron chi connectivity index (χ1n) is 8.28. The summed E-state index contributed by atoms with van der Waals surface area (Å²) in [5.41, 5.74) is 2.33. The molecule has 0 radical (unpaired) electrons. The molecule has 0 aliphatic carbocycles. The summed E-state index contributed by atoms with van der Waals surface area (Å²) in [5, 5.41) is 2.44. The van der Waals surface area contributed by atoms with E-state index in [1.807, 2.05) is 38.1 Å². The molecule has 0 spiro atoms. The van der Waals surface area contributed by atoms with E-state index in [2.05, 4.69) is 4.98 Å². The lowest BCUT2D eigenvalue weighted by atomic mass is 10.1. The molecule has 0 unspecified atom stereocenters. The number of benzene rings is 2. The molecule has 134 valence electrons. The summed E-state index contributed by atoms with van der Waals surface area (Å²) < 4.78 is 18.5. The second-order valence-corrected chi connectivity index (χ2v) is 6.65. The molecule has 4 nitrogen and oxygen atoms in total. The van der Waals surface area contributed by atoms with Gasteiger partial charge < -0.3 is 9.64 Å². The first-order chi connectivity index (χ1) is 12.6. The van der Waals surface area contributed by atoms with Crippen LogP contribution in [0.2, 0.25) is 0 Å². The average molecular weight is 370 g/mol. The van der Waals surface area contributed by atoms with Crippen LogP contribution in [0.15, 0.2) is 53.9 Å². The van der Waals surface area contributed by atoms with E-state index in [9.17, 15) is 9.18 Å². The van der Waals surface area contributed by atoms with Crippen LogP contribution in [0, 0.1) is 12.7 Å². The average Bonchev–Trinajstić information content (AvgIpc) is 3.12. The molecule has 0 saturated heterocycles. The maximum atomic E-state index is 12.9. The van der Waals surface area contributed by atoms with Crippen molar-refractivity contribution in [1.82, 2.24) is 4.98 Å². The molecule has 0 saturated carbocycles. The Hall–Kier alpha value is -2.73. The van der Waals surface area contributed by atoms with Gasteiger partial charge in [-0.2, -0.15) is 0 Å². The van der Waals surface area contributed by atoms with Gasteiger partial charge in [0.1, 0.15) is 28.9 Å². The maximum Gasteiger partial charge on any atom is 0.277 e. The highest BCUT2D eigenvalue weighted by atomic mass is 32.1. The number of rotatable bonds is 6. The number of carbonyl (C=O) groups excluding carboxylic acids is 1. The predicted molar refractivity (Wildman–Crippen MR) is 101 cm³/mol. The van der Waals surface area contributed by atoms with E-state index in [1.165, 1.54) is 23.5 Å². The number of anilines is 1. The summed E-state index contributed by atoms with van der Waals surface area (Å²) in [4.78, 5) is 19.0. The van der Waals surface area contributed by atoms with Gasteiger partial charge >= 0.3 is 0 Å². The molecular formula is C20H19FN2O2S. The SMILES string of the molecule is CCN(C(=O)c1csc(COc2ccc(F)cc2)n1)c1ccccc1C. The second kappa shape index (κ2) is 8.10. The van der Waals surface area contributed by atoms with Crippen LogP contribution in [0.5, 0.6) is 5.75 Å². The second-order valence-electron chi connectivity index (χ2n) is 5.70. The fourth-order valence-corrected chi connectivity index (χ4v) is 3.26. The molecule has 0 aliphatic rings. The fraction of sp³-hybridized carbons (Fsp3) is 0.200. The van der Waals surface area contributed by atoms with E-state index in [4.69, 9.17) is 4.74 Å². The normalized spacial score (nSPS) is 10.6. The lowest BCUT2D eigenvalue weighted by Crippen LogP contribution is -2.31. The number of hydrogen-bond acceptors (Lipinski definition) is 4. The summed E-state index contributed by atoms with van der Waals surface area (Å²) in [7, 11) is 0. The molecular weight excluding hydrogens is 351 g/mol. The molecule has 0 fully saturated rings. The minimum absolute atomic E-state index is 0.133. The van der Waals surface area contributed by atoms with Crippen molar-refractivity contribution < 1.29 is 13.9 Å². The number of para-hydroxylation sites is 1. The first-order valence-corrected chi connectivity index (χ1v) is 9.16. The third-order valence-electron chi connectivity index (χ3n) is 3.91. The minimum atomic E-state index is -0.310. The van der Waals surface area contributed by atoms with Crippen LogP contribution in [0.3, 0.4) is 0 Å². The number of hydrogen-bond donors (Lipinski definition) is 0. The molecule has 0 atom stereocenters. The third kappa shape index (κ3) is 4.08. The predicted octanol–water partition coefficient (Wildman–Crippen LogP) is 4.84. The van der Waals surface area contributed by atoms with Crippen molar-refractivity contribution in [1.29, 1.82) is 0 Å². The number of ether oxygens (including phenoxy) is 1. The van der Waals surface area contributed by atoms with Crippen molar-refractivity contribution in [3.05, 3.63) is 76.0 Å². The fourth-order valence-electron chi connectivity index (χ4n) is 2.58. The Morgan fingerprint density at radius 1 is 1.19 bits per heavy atom. The molecule has 0 N–H and O–H groups in total. The molecule has 6 heteroatoms. The number of aryl methyl sites for hydroxylation is 1. The van der Waals surface area contributed by atoms with Gasteiger partial charge in [0.2, 0.25) is 0 Å². The summed E-state index contributed by atoms with van der Waals surface area (Å²) in [6, 6.07) is 13.6. The molecule has 26 heavy (non-hydrogen) atoms. The minimum Gasteiger partial charge on any atom is -0.486 e. The molecule has 0 aliphatic heterocycles. The Morgan fingerprint density at radius 3 is 2.62 bits per heavy atom. The number of aromatic nitrogens is 1. The number of carbonyl (C=O) groups is 1. The Morgan fingerprint density at radius 2 is 1.92 bits per heavy atom. The van der Waals surface area contributed by atoms with Crippen molar-refractivity contribution in [2.75, 3.05) is 11.4 Å². The van der Waals surface area contributed by atoms with Gasteiger partial charge in [-0.3, -0.25) is 4.79 Å². The highest BCUT2D eigenvalue weighted by Gasteiger charge is 2.20. The zero-order valence-corrected chi connectivity index (χ0v) is 15.4. The van der Waals surface area contributed by atoms with Gasteiger partial charge in [0.05, 0.1) is 0 Å². The van der Waals surface area contributed by atoms with Gasteiger partial charge in [0.15, 0.2) is 0 Å². The highest BCUT2D eigenvalue weighted by molar-refractivity contribution is 7.09. The first kappa shape index (κ1) is 18.1. The number of halogens is 1. The smallest absolute Gasteiger partial charge is 0.277 e. The van der Waals surface area contributed by atoms with Gasteiger partial charge in [-0.05, 0) is 49.7 Å². The van der Waals surface area contributed by atoms with E-state index < -0.39 is 0 Å². The van der Waals surface area contributed by atoms with E-state index in [0.29, 0.717) is 23.0 Å². The monoisotopic (exact) mass is 370 g/mol. The standard InChI is InChI=1S/C20H19FN2O2S/c1-3-23(18-7-5-4-6-14(18)2)20(24)17-13-26-19(22-17)12-25-16-10-8-15(21)9-11-16/h4-11,13H,3,12H2,1-2H3. The van der Waals surface area contributed by atoms with E-state index in [-0.39, 0.29) is 18.3 Å². The van der Waals surface area contributed by atoms with Crippen molar-refractivity contribution in [2.24, 2.45) is 0 Å². The van der Waals surface area contributed by atoms with Crippen LogP contribution >= 0.6 is 11.3 Å². The molecule has 1 heterocycles. The Kier molecular flexibility index (Phi) is 5.63. The zero-order chi connectivity index (χ0) is 18.5. The van der Waals surface area contributed by atoms with Crippen LogP contribution in [-0.4, -0.2) is 17.4 Å². The number of amides is 1. The molecule has 1 aromatic heterocycles. The molecule has 3 aromatic rings. The maximum absolute atomic E-state index is 12.9. The van der Waals surface area contributed by atoms with Gasteiger partial charge in [-0.1, -0.05) is 18.2 Å². The number of nitrogens with zero attached hydrogens (tertiary/aromatic N) is 2. The third-order valence-corrected chi connectivity index (χ3v) is 4.74. The van der Waals surface area contributed by atoms with Crippen molar-refractivity contribution >= 4 is 22.9 Å². The lowest BCUT2D eigenvalue weighted by molar-refractivity contribution is 0.0983. The largest absolute Gasteiger partial charge is 0.486 e. The van der Waals surface area contributed by atoms with Gasteiger partial charge in [0.25, 0.3) is 5.91 Å². The summed E-state index contributed by atoms with van der Waals surface area (Å²) in [5.74, 6) is 0.117.